The number of thioether (sulfide) groups is 1. The summed E-state index contributed by atoms with van der Waals surface area (Å²) in [4.78, 5) is 0. The Hall–Kier alpha value is -2.00. The number of aryl methyl sites for hydroxylation is 1. The highest BCUT2D eigenvalue weighted by molar-refractivity contribution is 8.25. The van der Waals surface area contributed by atoms with Crippen LogP contribution in [0.15, 0.2) is 52.9 Å². The van der Waals surface area contributed by atoms with E-state index in [0.717, 1.165) is 29.5 Å². The number of halogens is 3. The Morgan fingerprint density at radius 2 is 1.85 bits per heavy atom. The molecule has 1 heterocycles. The lowest BCUT2D eigenvalue weighted by atomic mass is 10.1. The Bertz CT molecular complexity index is 939. The third-order valence-electron chi connectivity index (χ3n) is 3.74. The number of hydrogen-bond acceptors (Lipinski definition) is 4. The minimum atomic E-state index is -4.47. The molecule has 0 saturated carbocycles. The van der Waals surface area contributed by atoms with E-state index < -0.39 is 26.3 Å². The van der Waals surface area contributed by atoms with Crippen LogP contribution < -0.4 is 5.32 Å². The molecule has 0 spiro atoms. The van der Waals surface area contributed by atoms with Gasteiger partial charge in [-0.1, -0.05) is 47.7 Å². The first-order valence-corrected chi connectivity index (χ1v) is 10.0. The molecule has 0 bridgehead atoms. The summed E-state index contributed by atoms with van der Waals surface area (Å²) in [6.07, 6.45) is -4.52. The number of amidine groups is 1. The lowest BCUT2D eigenvalue weighted by Gasteiger charge is -2.11. The van der Waals surface area contributed by atoms with Crippen LogP contribution in [0.5, 0.6) is 0 Å². The molecule has 2 aromatic carbocycles. The molecule has 3 rings (SSSR count). The first-order valence-electron chi connectivity index (χ1n) is 7.64. The Morgan fingerprint density at radius 1 is 1.15 bits per heavy atom. The Balaban J connectivity index is 1.74. The standard InChI is InChI=1S/C17H15F3N2O2S2/c1-11-5-7-14(8-6-11)21-16-22-26(23,24)15(25-16)10-12-3-2-4-13(9-12)17(18,19)20/h2-9,15H,10H2,1H3,(H,21,22). The van der Waals surface area contributed by atoms with Crippen molar-refractivity contribution in [2.45, 2.75) is 24.1 Å². The minimum Gasteiger partial charge on any atom is -0.334 e. The smallest absolute Gasteiger partial charge is 0.334 e. The van der Waals surface area contributed by atoms with Gasteiger partial charge in [-0.3, -0.25) is 0 Å². The molecule has 4 nitrogen and oxygen atoms in total. The van der Waals surface area contributed by atoms with E-state index in [1.807, 2.05) is 19.1 Å². The van der Waals surface area contributed by atoms with Crippen molar-refractivity contribution < 1.29 is 21.6 Å². The van der Waals surface area contributed by atoms with Crippen molar-refractivity contribution >= 4 is 32.6 Å². The second kappa shape index (κ2) is 6.96. The molecule has 0 aliphatic carbocycles. The quantitative estimate of drug-likeness (QED) is 0.828. The molecule has 26 heavy (non-hydrogen) atoms. The summed E-state index contributed by atoms with van der Waals surface area (Å²) in [7, 11) is -3.80. The monoisotopic (exact) mass is 400 g/mol. The van der Waals surface area contributed by atoms with Gasteiger partial charge in [-0.2, -0.15) is 13.2 Å². The normalized spacial score (nSPS) is 19.2. The average molecular weight is 400 g/mol. The summed E-state index contributed by atoms with van der Waals surface area (Å²) in [5.74, 6) is 0. The molecule has 1 atom stereocenters. The van der Waals surface area contributed by atoms with Crippen LogP contribution in [0.2, 0.25) is 0 Å². The molecule has 1 aliphatic rings. The molecular weight excluding hydrogens is 385 g/mol. The second-order valence-electron chi connectivity index (χ2n) is 5.85. The fraction of sp³-hybridized carbons (Fsp3) is 0.235. The molecule has 0 aromatic heterocycles. The number of rotatable bonds is 3. The predicted octanol–water partition coefficient (Wildman–Crippen LogP) is 4.43. The van der Waals surface area contributed by atoms with Crippen molar-refractivity contribution in [1.29, 1.82) is 0 Å². The fourth-order valence-electron chi connectivity index (χ4n) is 2.41. The second-order valence-corrected chi connectivity index (χ2v) is 9.12. The highest BCUT2D eigenvalue weighted by Crippen LogP contribution is 2.34. The molecule has 2 aromatic rings. The van der Waals surface area contributed by atoms with E-state index in [4.69, 9.17) is 0 Å². The summed E-state index contributed by atoms with van der Waals surface area (Å²) >= 11 is 0.994. The lowest BCUT2D eigenvalue weighted by molar-refractivity contribution is -0.137. The molecule has 9 heteroatoms. The maximum atomic E-state index is 12.8. The van der Waals surface area contributed by atoms with E-state index in [0.29, 0.717) is 11.3 Å². The van der Waals surface area contributed by atoms with Gasteiger partial charge in [0.1, 0.15) is 4.58 Å². The molecule has 0 radical (unpaired) electrons. The molecule has 1 unspecified atom stereocenters. The van der Waals surface area contributed by atoms with Crippen LogP contribution in [0.25, 0.3) is 0 Å². The van der Waals surface area contributed by atoms with Gasteiger partial charge < -0.3 is 5.32 Å². The highest BCUT2D eigenvalue weighted by Gasteiger charge is 2.36. The van der Waals surface area contributed by atoms with E-state index in [1.54, 1.807) is 12.1 Å². The zero-order chi connectivity index (χ0) is 18.9. The molecule has 138 valence electrons. The zero-order valence-electron chi connectivity index (χ0n) is 13.6. The Morgan fingerprint density at radius 3 is 2.50 bits per heavy atom. The topological polar surface area (TPSA) is 58.5 Å². The average Bonchev–Trinajstić information content (AvgIpc) is 2.83. The third-order valence-corrected chi connectivity index (χ3v) is 6.99. The van der Waals surface area contributed by atoms with Gasteiger partial charge in [0.15, 0.2) is 5.17 Å². The molecule has 0 amide bonds. The predicted molar refractivity (Wildman–Crippen MR) is 97.7 cm³/mol. The lowest BCUT2D eigenvalue weighted by Crippen LogP contribution is -2.15. The number of benzene rings is 2. The van der Waals surface area contributed by atoms with E-state index >= 15 is 0 Å². The first-order chi connectivity index (χ1) is 12.1. The van der Waals surface area contributed by atoms with Crippen LogP contribution in [0.3, 0.4) is 0 Å². The largest absolute Gasteiger partial charge is 0.416 e. The molecule has 1 N–H and O–H groups in total. The highest BCUT2D eigenvalue weighted by atomic mass is 32.3. The molecular formula is C17H15F3N2O2S2. The number of hydrogen-bond donors (Lipinski definition) is 1. The molecule has 0 saturated heterocycles. The Labute approximate surface area is 153 Å². The van der Waals surface area contributed by atoms with Crippen LogP contribution in [0.1, 0.15) is 16.7 Å². The van der Waals surface area contributed by atoms with Crippen LogP contribution in [0, 0.1) is 6.92 Å². The third kappa shape index (κ3) is 4.39. The van der Waals surface area contributed by atoms with Crippen LogP contribution in [-0.2, 0) is 22.6 Å². The van der Waals surface area contributed by atoms with Crippen LogP contribution in [-0.4, -0.2) is 18.2 Å². The van der Waals surface area contributed by atoms with E-state index in [2.05, 4.69) is 9.71 Å². The van der Waals surface area contributed by atoms with Gasteiger partial charge >= 0.3 is 6.18 Å². The molecule has 0 fully saturated rings. The number of sulfonamides is 1. The van der Waals surface area contributed by atoms with Gasteiger partial charge in [0, 0.05) is 12.1 Å². The van der Waals surface area contributed by atoms with Crippen LogP contribution in [0.4, 0.5) is 18.9 Å². The summed E-state index contributed by atoms with van der Waals surface area (Å²) in [6, 6.07) is 12.0. The van der Waals surface area contributed by atoms with E-state index in [-0.39, 0.29) is 11.6 Å². The van der Waals surface area contributed by atoms with Gasteiger partial charge in [-0.15, -0.1) is 4.40 Å². The van der Waals surface area contributed by atoms with Gasteiger partial charge in [-0.25, -0.2) is 8.42 Å². The van der Waals surface area contributed by atoms with Crippen molar-refractivity contribution in [1.82, 2.24) is 0 Å². The van der Waals surface area contributed by atoms with E-state index in [1.165, 1.54) is 12.1 Å². The van der Waals surface area contributed by atoms with Crippen molar-refractivity contribution in [3.63, 3.8) is 0 Å². The number of nitrogens with one attached hydrogen (secondary N) is 1. The Kier molecular flexibility index (Phi) is 5.03. The minimum absolute atomic E-state index is 0.0561. The van der Waals surface area contributed by atoms with E-state index in [9.17, 15) is 21.6 Å². The summed E-state index contributed by atoms with van der Waals surface area (Å²) in [5.41, 5.74) is 1.25. The summed E-state index contributed by atoms with van der Waals surface area (Å²) < 4.78 is 65.6. The van der Waals surface area contributed by atoms with Gasteiger partial charge in [0.25, 0.3) is 10.0 Å². The SMILES string of the molecule is Cc1ccc(NC2=NS(=O)(=O)C(Cc3cccc(C(F)(F)F)c3)S2)cc1. The molecule has 1 aliphatic heterocycles. The zero-order valence-corrected chi connectivity index (χ0v) is 15.3. The first kappa shape index (κ1) is 18.8. The van der Waals surface area contributed by atoms with Gasteiger partial charge in [0.05, 0.1) is 5.56 Å². The summed E-state index contributed by atoms with van der Waals surface area (Å²) in [5, 5.41) is 3.14. The number of nitrogens with zero attached hydrogens (tertiary/aromatic N) is 1. The van der Waals surface area contributed by atoms with Crippen molar-refractivity contribution in [2.24, 2.45) is 4.40 Å². The fourth-order valence-corrected chi connectivity index (χ4v) is 5.28. The van der Waals surface area contributed by atoms with Crippen LogP contribution >= 0.6 is 11.8 Å². The van der Waals surface area contributed by atoms with Crippen molar-refractivity contribution in [2.75, 3.05) is 5.32 Å². The van der Waals surface area contributed by atoms with Crippen molar-refractivity contribution in [3.8, 4) is 0 Å². The maximum Gasteiger partial charge on any atom is 0.416 e. The number of anilines is 1. The van der Waals surface area contributed by atoms with Gasteiger partial charge in [-0.05, 0) is 30.7 Å². The summed E-state index contributed by atoms with van der Waals surface area (Å²) in [6.45, 7) is 1.93. The van der Waals surface area contributed by atoms with Crippen molar-refractivity contribution in [3.05, 3.63) is 65.2 Å². The number of alkyl halides is 3. The maximum absolute atomic E-state index is 12.8. The van der Waals surface area contributed by atoms with Gasteiger partial charge in [0.2, 0.25) is 0 Å².